The van der Waals surface area contributed by atoms with Crippen LogP contribution in [0.3, 0.4) is 0 Å². The van der Waals surface area contributed by atoms with Crippen LogP contribution >= 0.6 is 0 Å². The largest absolute Gasteiger partial charge is 0.366 e. The predicted molar refractivity (Wildman–Crippen MR) is 88.7 cm³/mol. The Morgan fingerprint density at radius 3 is 2.67 bits per heavy atom. The van der Waals surface area contributed by atoms with Gasteiger partial charge >= 0.3 is 0 Å². The van der Waals surface area contributed by atoms with Gasteiger partial charge in [0.2, 0.25) is 11.8 Å². The minimum atomic E-state index is -0.493. The van der Waals surface area contributed by atoms with Gasteiger partial charge < -0.3 is 10.6 Å². The molecule has 0 aromatic heterocycles. The molecule has 2 aromatic rings. The molecule has 2 aromatic carbocycles. The molecule has 2 atom stereocenters. The Kier molecular flexibility index (Phi) is 4.34. The number of hydrogen-bond donors (Lipinski definition) is 1. The van der Waals surface area contributed by atoms with Gasteiger partial charge in [-0.25, -0.2) is 4.39 Å². The number of halogens is 1. The molecular formula is C19H19FN2O2. The van der Waals surface area contributed by atoms with Crippen LogP contribution in [0, 0.1) is 11.7 Å². The van der Waals surface area contributed by atoms with Crippen LogP contribution < -0.4 is 5.73 Å². The molecule has 5 heteroatoms. The second-order valence-electron chi connectivity index (χ2n) is 6.23. The lowest BCUT2D eigenvalue weighted by Gasteiger charge is -2.18. The summed E-state index contributed by atoms with van der Waals surface area (Å²) in [7, 11) is 1.72. The molecule has 1 saturated carbocycles. The van der Waals surface area contributed by atoms with E-state index in [1.165, 1.54) is 6.07 Å². The summed E-state index contributed by atoms with van der Waals surface area (Å²) in [4.78, 5) is 25.4. The highest BCUT2D eigenvalue weighted by atomic mass is 19.1. The fourth-order valence-corrected chi connectivity index (χ4v) is 3.05. The average Bonchev–Trinajstić information content (AvgIpc) is 3.35. The van der Waals surface area contributed by atoms with Crippen molar-refractivity contribution < 1.29 is 14.0 Å². The predicted octanol–water partition coefficient (Wildman–Crippen LogP) is 2.69. The van der Waals surface area contributed by atoms with Gasteiger partial charge in [0.1, 0.15) is 5.82 Å². The molecule has 1 aliphatic carbocycles. The van der Waals surface area contributed by atoms with Crippen molar-refractivity contribution in [1.82, 2.24) is 4.90 Å². The zero-order chi connectivity index (χ0) is 17.3. The highest BCUT2D eigenvalue weighted by Crippen LogP contribution is 2.49. The number of nitrogens with two attached hydrogens (primary N) is 1. The Hall–Kier alpha value is -2.69. The number of nitrogens with zero attached hydrogens (tertiary/aromatic N) is 1. The lowest BCUT2D eigenvalue weighted by atomic mass is 10.1. The molecule has 0 radical (unpaired) electrons. The monoisotopic (exact) mass is 326 g/mol. The van der Waals surface area contributed by atoms with Crippen molar-refractivity contribution in [2.45, 2.75) is 18.9 Å². The summed E-state index contributed by atoms with van der Waals surface area (Å²) in [6.07, 6.45) is 0.672. The zero-order valence-corrected chi connectivity index (χ0v) is 13.4. The van der Waals surface area contributed by atoms with Crippen LogP contribution in [0.5, 0.6) is 0 Å². The van der Waals surface area contributed by atoms with Crippen molar-refractivity contribution >= 4 is 11.8 Å². The maximum absolute atomic E-state index is 13.8. The number of rotatable bonds is 5. The molecular weight excluding hydrogens is 307 g/mol. The van der Waals surface area contributed by atoms with Crippen LogP contribution in [0.2, 0.25) is 0 Å². The van der Waals surface area contributed by atoms with Gasteiger partial charge in [-0.1, -0.05) is 30.3 Å². The molecule has 1 aliphatic rings. The van der Waals surface area contributed by atoms with Gasteiger partial charge in [-0.05, 0) is 41.7 Å². The molecule has 24 heavy (non-hydrogen) atoms. The highest BCUT2D eigenvalue weighted by Gasteiger charge is 2.46. The Morgan fingerprint density at radius 1 is 1.21 bits per heavy atom. The summed E-state index contributed by atoms with van der Waals surface area (Å²) >= 11 is 0. The molecule has 124 valence electrons. The second-order valence-corrected chi connectivity index (χ2v) is 6.23. The first-order chi connectivity index (χ1) is 11.5. The van der Waals surface area contributed by atoms with Gasteiger partial charge in [0.05, 0.1) is 0 Å². The maximum Gasteiger partial charge on any atom is 0.248 e. The van der Waals surface area contributed by atoms with E-state index in [2.05, 4.69) is 0 Å². The number of hydrogen-bond acceptors (Lipinski definition) is 2. The molecule has 0 spiro atoms. The molecule has 0 saturated heterocycles. The van der Waals surface area contributed by atoms with Crippen molar-refractivity contribution in [1.29, 1.82) is 0 Å². The van der Waals surface area contributed by atoms with Crippen LogP contribution in [0.4, 0.5) is 4.39 Å². The van der Waals surface area contributed by atoms with E-state index in [0.717, 1.165) is 5.56 Å². The Morgan fingerprint density at radius 2 is 1.96 bits per heavy atom. The molecule has 0 aliphatic heterocycles. The molecule has 3 rings (SSSR count). The van der Waals surface area contributed by atoms with E-state index in [4.69, 9.17) is 5.73 Å². The van der Waals surface area contributed by atoms with E-state index < -0.39 is 5.91 Å². The van der Waals surface area contributed by atoms with Gasteiger partial charge in [-0.2, -0.15) is 0 Å². The summed E-state index contributed by atoms with van der Waals surface area (Å²) in [5.74, 6) is -0.973. The Bertz CT molecular complexity index is 790. The standard InChI is InChI=1S/C19H19FN2O2/c1-22(11-12-5-4-6-13(9-12)18(21)23)19(24)16-10-15(16)14-7-2-3-8-17(14)20/h2-9,15-16H,10-11H2,1H3,(H2,21,23)/t15-,16+/m0/s1. The number of primary amides is 1. The van der Waals surface area contributed by atoms with Crippen molar-refractivity contribution in [2.24, 2.45) is 11.7 Å². The third-order valence-corrected chi connectivity index (χ3v) is 4.42. The van der Waals surface area contributed by atoms with Crippen molar-refractivity contribution in [3.05, 3.63) is 71.0 Å². The zero-order valence-electron chi connectivity index (χ0n) is 13.4. The lowest BCUT2D eigenvalue weighted by molar-refractivity contribution is -0.131. The highest BCUT2D eigenvalue weighted by molar-refractivity contribution is 5.92. The van der Waals surface area contributed by atoms with E-state index in [-0.39, 0.29) is 23.6 Å². The van der Waals surface area contributed by atoms with E-state index in [0.29, 0.717) is 24.1 Å². The summed E-state index contributed by atoms with van der Waals surface area (Å²) in [5.41, 5.74) is 7.14. The summed E-state index contributed by atoms with van der Waals surface area (Å²) < 4.78 is 13.8. The van der Waals surface area contributed by atoms with Crippen LogP contribution in [0.25, 0.3) is 0 Å². The van der Waals surface area contributed by atoms with Crippen LogP contribution in [0.15, 0.2) is 48.5 Å². The Balaban J connectivity index is 1.65. The topological polar surface area (TPSA) is 63.4 Å². The van der Waals surface area contributed by atoms with Crippen molar-refractivity contribution in [2.75, 3.05) is 7.05 Å². The number of carbonyl (C=O) groups is 2. The maximum atomic E-state index is 13.8. The Labute approximate surface area is 140 Å². The number of carbonyl (C=O) groups excluding carboxylic acids is 2. The summed E-state index contributed by atoms with van der Waals surface area (Å²) in [6, 6.07) is 13.5. The molecule has 2 amide bonds. The van der Waals surface area contributed by atoms with E-state index in [1.807, 2.05) is 6.07 Å². The fourth-order valence-electron chi connectivity index (χ4n) is 3.05. The van der Waals surface area contributed by atoms with Crippen molar-refractivity contribution in [3.63, 3.8) is 0 Å². The summed E-state index contributed by atoms with van der Waals surface area (Å²) in [5, 5.41) is 0. The minimum Gasteiger partial charge on any atom is -0.366 e. The number of benzene rings is 2. The van der Waals surface area contributed by atoms with Crippen LogP contribution in [-0.2, 0) is 11.3 Å². The first kappa shape index (κ1) is 16.2. The minimum absolute atomic E-state index is 0.00673. The van der Waals surface area contributed by atoms with Crippen LogP contribution in [-0.4, -0.2) is 23.8 Å². The summed E-state index contributed by atoms with van der Waals surface area (Å²) in [6.45, 7) is 0.389. The molecule has 0 bridgehead atoms. The van der Waals surface area contributed by atoms with Gasteiger partial charge in [-0.3, -0.25) is 9.59 Å². The van der Waals surface area contributed by atoms with Gasteiger partial charge in [0, 0.05) is 25.1 Å². The average molecular weight is 326 g/mol. The fraction of sp³-hybridized carbons (Fsp3) is 0.263. The first-order valence-electron chi connectivity index (χ1n) is 7.85. The van der Waals surface area contributed by atoms with Crippen molar-refractivity contribution in [3.8, 4) is 0 Å². The smallest absolute Gasteiger partial charge is 0.248 e. The molecule has 1 fully saturated rings. The molecule has 0 unspecified atom stereocenters. The first-order valence-corrected chi connectivity index (χ1v) is 7.85. The molecule has 4 nitrogen and oxygen atoms in total. The van der Waals surface area contributed by atoms with Crippen LogP contribution in [0.1, 0.15) is 33.8 Å². The molecule has 2 N–H and O–H groups in total. The quantitative estimate of drug-likeness (QED) is 0.918. The third kappa shape index (κ3) is 3.30. The second kappa shape index (κ2) is 6.43. The van der Waals surface area contributed by atoms with Gasteiger partial charge in [0.15, 0.2) is 0 Å². The SMILES string of the molecule is CN(Cc1cccc(C(N)=O)c1)C(=O)[C@@H]1C[C@H]1c1ccccc1F. The normalized spacial score (nSPS) is 18.9. The van der Waals surface area contributed by atoms with Gasteiger partial charge in [0.25, 0.3) is 0 Å². The van der Waals surface area contributed by atoms with Gasteiger partial charge in [-0.15, -0.1) is 0 Å². The number of amides is 2. The van der Waals surface area contributed by atoms with E-state index in [9.17, 15) is 14.0 Å². The molecule has 0 heterocycles. The van der Waals surface area contributed by atoms with E-state index in [1.54, 1.807) is 48.3 Å². The third-order valence-electron chi connectivity index (χ3n) is 4.42. The van der Waals surface area contributed by atoms with E-state index >= 15 is 0 Å². The lowest BCUT2D eigenvalue weighted by Crippen LogP contribution is -2.28.